The normalized spacial score (nSPS) is 19.5. The molecule has 2 N–H and O–H groups in total. The first-order valence-electron chi connectivity index (χ1n) is 6.58. The molecule has 1 saturated heterocycles. The van der Waals surface area contributed by atoms with Crippen LogP contribution >= 0.6 is 11.6 Å². The molecule has 1 atom stereocenters. The van der Waals surface area contributed by atoms with Gasteiger partial charge >= 0.3 is 0 Å². The van der Waals surface area contributed by atoms with Crippen LogP contribution < -0.4 is 5.73 Å². The highest BCUT2D eigenvalue weighted by molar-refractivity contribution is 6.34. The topological polar surface area (TPSA) is 55.6 Å². The van der Waals surface area contributed by atoms with E-state index in [1.54, 1.807) is 23.1 Å². The monoisotopic (exact) mass is 282 g/mol. The van der Waals surface area contributed by atoms with E-state index in [2.05, 4.69) is 0 Å². The molecule has 0 aromatic heterocycles. The van der Waals surface area contributed by atoms with Gasteiger partial charge in [0.25, 0.3) is 5.91 Å². The van der Waals surface area contributed by atoms with E-state index in [-0.39, 0.29) is 12.0 Å². The van der Waals surface area contributed by atoms with Gasteiger partial charge in [-0.15, -0.1) is 0 Å². The average Bonchev–Trinajstić information content (AvgIpc) is 2.39. The van der Waals surface area contributed by atoms with Crippen molar-refractivity contribution >= 4 is 23.2 Å². The number of hydrogen-bond donors (Lipinski definition) is 1. The van der Waals surface area contributed by atoms with Crippen LogP contribution in [0.1, 0.15) is 30.1 Å². The van der Waals surface area contributed by atoms with E-state index in [9.17, 15) is 4.79 Å². The number of nitrogen functional groups attached to an aromatic ring is 1. The third-order valence-electron chi connectivity index (χ3n) is 3.33. The number of piperidine rings is 1. The number of ether oxygens (including phenoxy) is 1. The Hall–Kier alpha value is -1.26. The Bertz CT molecular complexity index is 443. The molecule has 2 rings (SSSR count). The van der Waals surface area contributed by atoms with Crippen molar-refractivity contribution in [3.8, 4) is 0 Å². The summed E-state index contributed by atoms with van der Waals surface area (Å²) in [5.74, 6) is -0.104. The maximum Gasteiger partial charge on any atom is 0.257 e. The van der Waals surface area contributed by atoms with Crippen LogP contribution in [-0.4, -0.2) is 36.6 Å². The van der Waals surface area contributed by atoms with E-state index in [0.717, 1.165) is 19.4 Å². The second-order valence-corrected chi connectivity index (χ2v) is 5.08. The van der Waals surface area contributed by atoms with Gasteiger partial charge in [0.15, 0.2) is 0 Å². The van der Waals surface area contributed by atoms with E-state index in [1.165, 1.54) is 0 Å². The predicted octanol–water partition coefficient (Wildman–Crippen LogP) is 2.56. The van der Waals surface area contributed by atoms with Gasteiger partial charge in [-0.25, -0.2) is 0 Å². The van der Waals surface area contributed by atoms with Crippen molar-refractivity contribution in [3.05, 3.63) is 28.8 Å². The zero-order chi connectivity index (χ0) is 13.8. The summed E-state index contributed by atoms with van der Waals surface area (Å²) in [6.45, 7) is 3.97. The number of carbonyl (C=O) groups is 1. The Morgan fingerprint density at radius 2 is 2.37 bits per heavy atom. The number of rotatable bonds is 3. The van der Waals surface area contributed by atoms with Crippen LogP contribution in [0, 0.1) is 0 Å². The molecule has 4 nitrogen and oxygen atoms in total. The average molecular weight is 283 g/mol. The van der Waals surface area contributed by atoms with Gasteiger partial charge in [-0.3, -0.25) is 4.79 Å². The smallest absolute Gasteiger partial charge is 0.257 e. The van der Waals surface area contributed by atoms with Gasteiger partial charge in [0, 0.05) is 25.4 Å². The first-order chi connectivity index (χ1) is 9.13. The SMILES string of the molecule is CCOC1CCCN(C(=O)c2c(N)cccc2Cl)C1. The molecule has 1 unspecified atom stereocenters. The molecule has 104 valence electrons. The molecule has 1 fully saturated rings. The van der Waals surface area contributed by atoms with Crippen LogP contribution in [0.3, 0.4) is 0 Å². The quantitative estimate of drug-likeness (QED) is 0.867. The summed E-state index contributed by atoms with van der Waals surface area (Å²) in [6, 6.07) is 5.13. The Morgan fingerprint density at radius 1 is 1.58 bits per heavy atom. The Morgan fingerprint density at radius 3 is 3.05 bits per heavy atom. The van der Waals surface area contributed by atoms with E-state index in [4.69, 9.17) is 22.1 Å². The third kappa shape index (κ3) is 3.19. The Labute approximate surface area is 118 Å². The summed E-state index contributed by atoms with van der Waals surface area (Å²) in [6.07, 6.45) is 2.06. The highest BCUT2D eigenvalue weighted by Gasteiger charge is 2.26. The van der Waals surface area contributed by atoms with Crippen LogP contribution in [-0.2, 0) is 4.74 Å². The molecule has 1 heterocycles. The van der Waals surface area contributed by atoms with Crippen molar-refractivity contribution in [2.45, 2.75) is 25.9 Å². The number of likely N-dealkylation sites (tertiary alicyclic amines) is 1. The lowest BCUT2D eigenvalue weighted by Crippen LogP contribution is -2.43. The fourth-order valence-electron chi connectivity index (χ4n) is 2.42. The van der Waals surface area contributed by atoms with Gasteiger partial charge in [-0.05, 0) is 31.9 Å². The molecule has 19 heavy (non-hydrogen) atoms. The van der Waals surface area contributed by atoms with Crippen molar-refractivity contribution < 1.29 is 9.53 Å². The van der Waals surface area contributed by atoms with Crippen molar-refractivity contribution in [1.82, 2.24) is 4.90 Å². The summed E-state index contributed by atoms with van der Waals surface area (Å²) in [5.41, 5.74) is 6.69. The maximum absolute atomic E-state index is 12.5. The summed E-state index contributed by atoms with van der Waals surface area (Å²) >= 11 is 6.08. The minimum atomic E-state index is -0.104. The van der Waals surface area contributed by atoms with Gasteiger partial charge in [0.1, 0.15) is 0 Å². The number of halogens is 1. The van der Waals surface area contributed by atoms with E-state index in [0.29, 0.717) is 29.4 Å². The largest absolute Gasteiger partial charge is 0.398 e. The van der Waals surface area contributed by atoms with Crippen molar-refractivity contribution in [2.75, 3.05) is 25.4 Å². The molecule has 0 spiro atoms. The number of benzene rings is 1. The van der Waals surface area contributed by atoms with Crippen molar-refractivity contribution in [1.29, 1.82) is 0 Å². The lowest BCUT2D eigenvalue weighted by Gasteiger charge is -2.33. The van der Waals surface area contributed by atoms with Crippen LogP contribution in [0.5, 0.6) is 0 Å². The Kier molecular flexibility index (Phi) is 4.66. The lowest BCUT2D eigenvalue weighted by molar-refractivity contribution is 0.00728. The van der Waals surface area contributed by atoms with Crippen LogP contribution in [0.2, 0.25) is 5.02 Å². The van der Waals surface area contributed by atoms with Crippen molar-refractivity contribution in [3.63, 3.8) is 0 Å². The number of carbonyl (C=O) groups excluding carboxylic acids is 1. The molecule has 1 aromatic rings. The molecule has 0 bridgehead atoms. The van der Waals surface area contributed by atoms with Gasteiger partial charge < -0.3 is 15.4 Å². The molecular weight excluding hydrogens is 264 g/mol. The summed E-state index contributed by atoms with van der Waals surface area (Å²) in [5, 5.41) is 0.406. The minimum Gasteiger partial charge on any atom is -0.398 e. The third-order valence-corrected chi connectivity index (χ3v) is 3.64. The fraction of sp³-hybridized carbons (Fsp3) is 0.500. The van der Waals surface area contributed by atoms with E-state index < -0.39 is 0 Å². The molecule has 1 aliphatic rings. The first-order valence-corrected chi connectivity index (χ1v) is 6.96. The number of hydrogen-bond acceptors (Lipinski definition) is 3. The zero-order valence-corrected chi connectivity index (χ0v) is 11.8. The molecule has 1 aliphatic heterocycles. The van der Waals surface area contributed by atoms with Gasteiger partial charge in [0.05, 0.1) is 16.7 Å². The number of anilines is 1. The van der Waals surface area contributed by atoms with Gasteiger partial charge in [-0.2, -0.15) is 0 Å². The molecule has 0 saturated carbocycles. The first kappa shape index (κ1) is 14.2. The summed E-state index contributed by atoms with van der Waals surface area (Å²) < 4.78 is 5.60. The predicted molar refractivity (Wildman–Crippen MR) is 76.4 cm³/mol. The fourth-order valence-corrected chi connectivity index (χ4v) is 2.68. The van der Waals surface area contributed by atoms with E-state index >= 15 is 0 Å². The number of nitrogens with zero attached hydrogens (tertiary/aromatic N) is 1. The highest BCUT2D eigenvalue weighted by atomic mass is 35.5. The van der Waals surface area contributed by atoms with Gasteiger partial charge in [0.2, 0.25) is 0 Å². The summed E-state index contributed by atoms with van der Waals surface area (Å²) in [7, 11) is 0. The zero-order valence-electron chi connectivity index (χ0n) is 11.1. The van der Waals surface area contributed by atoms with Gasteiger partial charge in [-0.1, -0.05) is 17.7 Å². The highest BCUT2D eigenvalue weighted by Crippen LogP contribution is 2.25. The second-order valence-electron chi connectivity index (χ2n) is 4.67. The standard InChI is InChI=1S/C14H19ClN2O2/c1-2-19-10-5-4-8-17(9-10)14(18)13-11(15)6-3-7-12(13)16/h3,6-7,10H,2,4-5,8-9,16H2,1H3. The van der Waals surface area contributed by atoms with E-state index in [1.807, 2.05) is 6.92 Å². The Balaban J connectivity index is 2.15. The number of amides is 1. The summed E-state index contributed by atoms with van der Waals surface area (Å²) in [4.78, 5) is 14.3. The maximum atomic E-state index is 12.5. The second kappa shape index (κ2) is 6.26. The number of nitrogens with two attached hydrogens (primary N) is 1. The van der Waals surface area contributed by atoms with Crippen LogP contribution in [0.15, 0.2) is 18.2 Å². The molecule has 0 radical (unpaired) electrons. The molecular formula is C14H19ClN2O2. The van der Waals surface area contributed by atoms with Crippen LogP contribution in [0.25, 0.3) is 0 Å². The van der Waals surface area contributed by atoms with Crippen LogP contribution in [0.4, 0.5) is 5.69 Å². The molecule has 5 heteroatoms. The molecule has 1 aromatic carbocycles. The van der Waals surface area contributed by atoms with Crippen molar-refractivity contribution in [2.24, 2.45) is 0 Å². The molecule has 1 amide bonds. The molecule has 0 aliphatic carbocycles. The minimum absolute atomic E-state index is 0.104. The lowest BCUT2D eigenvalue weighted by atomic mass is 10.1.